The number of rotatable bonds is 3. The molecule has 17 heavy (non-hydrogen) atoms. The van der Waals surface area contributed by atoms with E-state index in [1.807, 2.05) is 0 Å². The summed E-state index contributed by atoms with van der Waals surface area (Å²) in [7, 11) is 0. The highest BCUT2D eigenvalue weighted by atomic mass is 19.1. The fraction of sp³-hybridized carbons (Fsp3) is 0.364. The van der Waals surface area contributed by atoms with Gasteiger partial charge < -0.3 is 10.6 Å². The summed E-state index contributed by atoms with van der Waals surface area (Å²) in [4.78, 5) is 11.5. The lowest BCUT2D eigenvalue weighted by atomic mass is 10.0. The third-order valence-electron chi connectivity index (χ3n) is 2.65. The molecule has 2 N–H and O–H groups in total. The number of amides is 1. The second kappa shape index (κ2) is 4.75. The largest absolute Gasteiger partial charge is 0.351 e. The van der Waals surface area contributed by atoms with Gasteiger partial charge in [-0.1, -0.05) is 0 Å². The van der Waals surface area contributed by atoms with Crippen LogP contribution >= 0.6 is 0 Å². The number of benzene rings is 1. The summed E-state index contributed by atoms with van der Waals surface area (Å²) in [5.74, 6) is -3.99. The number of hydrogen-bond acceptors (Lipinski definition) is 2. The van der Waals surface area contributed by atoms with Crippen molar-refractivity contribution in [2.24, 2.45) is 5.92 Å². The van der Waals surface area contributed by atoms with E-state index in [2.05, 4.69) is 10.6 Å². The van der Waals surface area contributed by atoms with Crippen molar-refractivity contribution in [2.45, 2.75) is 0 Å². The van der Waals surface area contributed by atoms with Crippen LogP contribution in [0.3, 0.4) is 0 Å². The highest BCUT2D eigenvalue weighted by Crippen LogP contribution is 2.14. The molecule has 0 unspecified atom stereocenters. The van der Waals surface area contributed by atoms with Gasteiger partial charge in [-0.15, -0.1) is 0 Å². The second-order valence-corrected chi connectivity index (χ2v) is 3.98. The molecule has 92 valence electrons. The molecular formula is C11H11F3N2O. The van der Waals surface area contributed by atoms with Crippen LogP contribution < -0.4 is 10.6 Å². The van der Waals surface area contributed by atoms with Crippen LogP contribution in [0.4, 0.5) is 13.2 Å². The predicted octanol–water partition coefficient (Wildman–Crippen LogP) is 1.05. The molecule has 1 aliphatic heterocycles. The van der Waals surface area contributed by atoms with E-state index >= 15 is 0 Å². The number of carbonyl (C=O) groups is 1. The molecular weight excluding hydrogens is 233 g/mol. The molecule has 0 atom stereocenters. The average molecular weight is 244 g/mol. The highest BCUT2D eigenvalue weighted by molar-refractivity contribution is 5.94. The van der Waals surface area contributed by atoms with Gasteiger partial charge in [-0.2, -0.15) is 0 Å². The summed E-state index contributed by atoms with van der Waals surface area (Å²) >= 11 is 0. The molecule has 0 aliphatic carbocycles. The first-order valence-electron chi connectivity index (χ1n) is 5.21. The molecule has 1 aromatic rings. The molecule has 1 aromatic carbocycles. The van der Waals surface area contributed by atoms with Crippen LogP contribution in [0.25, 0.3) is 0 Å². The van der Waals surface area contributed by atoms with Gasteiger partial charge >= 0.3 is 0 Å². The Morgan fingerprint density at radius 2 is 1.88 bits per heavy atom. The topological polar surface area (TPSA) is 41.1 Å². The van der Waals surface area contributed by atoms with E-state index in [0.29, 0.717) is 18.7 Å². The minimum Gasteiger partial charge on any atom is -0.351 e. The Hall–Kier alpha value is -1.56. The van der Waals surface area contributed by atoms with Crippen LogP contribution in [0, 0.1) is 23.4 Å². The van der Waals surface area contributed by atoms with E-state index in [1.54, 1.807) is 0 Å². The summed E-state index contributed by atoms with van der Waals surface area (Å²) in [5.41, 5.74) is -0.737. The van der Waals surface area contributed by atoms with Crippen LogP contribution in [0.2, 0.25) is 0 Å². The third kappa shape index (κ3) is 2.58. The molecule has 1 heterocycles. The maximum Gasteiger partial charge on any atom is 0.257 e. The van der Waals surface area contributed by atoms with Crippen molar-refractivity contribution in [3.8, 4) is 0 Å². The molecule has 0 aromatic heterocycles. The molecule has 2 rings (SSSR count). The lowest BCUT2D eigenvalue weighted by molar-refractivity contribution is 0.0933. The minimum atomic E-state index is -1.19. The van der Waals surface area contributed by atoms with E-state index in [1.165, 1.54) is 0 Å². The molecule has 0 radical (unpaired) electrons. The fourth-order valence-corrected chi connectivity index (χ4v) is 1.58. The predicted molar refractivity (Wildman–Crippen MR) is 55.0 cm³/mol. The normalized spacial score (nSPS) is 15.5. The van der Waals surface area contributed by atoms with Gasteiger partial charge in [0.15, 0.2) is 0 Å². The van der Waals surface area contributed by atoms with Gasteiger partial charge in [0.05, 0.1) is 0 Å². The highest BCUT2D eigenvalue weighted by Gasteiger charge is 2.21. The van der Waals surface area contributed by atoms with Crippen LogP contribution in [-0.4, -0.2) is 25.5 Å². The van der Waals surface area contributed by atoms with Crippen LogP contribution in [0.1, 0.15) is 10.4 Å². The Bertz CT molecular complexity index is 423. The number of halogens is 3. The Balaban J connectivity index is 2.07. The van der Waals surface area contributed by atoms with Crippen LogP contribution in [-0.2, 0) is 0 Å². The standard InChI is InChI=1S/C11H11F3N2O/c12-7-1-8(13)10(9(14)2-7)11(17)16-5-6-3-15-4-6/h1-2,6,15H,3-5H2,(H,16,17). The van der Waals surface area contributed by atoms with Gasteiger partial charge in [0, 0.05) is 37.7 Å². The molecule has 1 aliphatic rings. The van der Waals surface area contributed by atoms with Crippen LogP contribution in [0.5, 0.6) is 0 Å². The Labute approximate surface area is 96.0 Å². The molecule has 0 spiro atoms. The summed E-state index contributed by atoms with van der Waals surface area (Å²) in [6.45, 7) is 1.89. The van der Waals surface area contributed by atoms with Crippen molar-refractivity contribution in [1.29, 1.82) is 0 Å². The Morgan fingerprint density at radius 1 is 1.29 bits per heavy atom. The summed E-state index contributed by atoms with van der Waals surface area (Å²) in [5, 5.41) is 5.43. The maximum atomic E-state index is 13.2. The molecule has 0 saturated carbocycles. The van der Waals surface area contributed by atoms with Gasteiger partial charge in [-0.3, -0.25) is 4.79 Å². The van der Waals surface area contributed by atoms with Crippen molar-refractivity contribution >= 4 is 5.91 Å². The van der Waals surface area contributed by atoms with Gasteiger partial charge in [-0.25, -0.2) is 13.2 Å². The van der Waals surface area contributed by atoms with Crippen molar-refractivity contribution in [2.75, 3.05) is 19.6 Å². The SMILES string of the molecule is O=C(NCC1CNC1)c1c(F)cc(F)cc1F. The van der Waals surface area contributed by atoms with Gasteiger partial charge in [-0.05, 0) is 0 Å². The number of hydrogen-bond donors (Lipinski definition) is 2. The van der Waals surface area contributed by atoms with E-state index in [0.717, 1.165) is 13.1 Å². The van der Waals surface area contributed by atoms with E-state index < -0.39 is 28.9 Å². The van der Waals surface area contributed by atoms with Crippen molar-refractivity contribution in [3.05, 3.63) is 35.1 Å². The third-order valence-corrected chi connectivity index (χ3v) is 2.65. The lowest BCUT2D eigenvalue weighted by Crippen LogP contribution is -2.48. The van der Waals surface area contributed by atoms with Gasteiger partial charge in [0.1, 0.15) is 23.0 Å². The van der Waals surface area contributed by atoms with Crippen molar-refractivity contribution < 1.29 is 18.0 Å². The Kier molecular flexibility index (Phi) is 3.33. The first kappa shape index (κ1) is 11.9. The van der Waals surface area contributed by atoms with E-state index in [4.69, 9.17) is 0 Å². The van der Waals surface area contributed by atoms with Crippen LogP contribution in [0.15, 0.2) is 12.1 Å². The zero-order chi connectivity index (χ0) is 12.4. The smallest absolute Gasteiger partial charge is 0.257 e. The van der Waals surface area contributed by atoms with Gasteiger partial charge in [0.25, 0.3) is 5.91 Å². The van der Waals surface area contributed by atoms with Crippen molar-refractivity contribution in [1.82, 2.24) is 10.6 Å². The average Bonchev–Trinajstić information content (AvgIpc) is 2.13. The van der Waals surface area contributed by atoms with E-state index in [9.17, 15) is 18.0 Å². The first-order chi connectivity index (χ1) is 8.08. The molecule has 1 amide bonds. The zero-order valence-electron chi connectivity index (χ0n) is 8.90. The summed E-state index contributed by atoms with van der Waals surface area (Å²) in [6.07, 6.45) is 0. The second-order valence-electron chi connectivity index (χ2n) is 3.98. The van der Waals surface area contributed by atoms with E-state index in [-0.39, 0.29) is 5.92 Å². The monoisotopic (exact) mass is 244 g/mol. The molecule has 1 fully saturated rings. The first-order valence-corrected chi connectivity index (χ1v) is 5.21. The fourth-order valence-electron chi connectivity index (χ4n) is 1.58. The quantitative estimate of drug-likeness (QED) is 0.834. The van der Waals surface area contributed by atoms with Gasteiger partial charge in [0.2, 0.25) is 0 Å². The Morgan fingerprint density at radius 3 is 2.35 bits per heavy atom. The number of carbonyl (C=O) groups excluding carboxylic acids is 1. The zero-order valence-corrected chi connectivity index (χ0v) is 8.90. The molecule has 1 saturated heterocycles. The molecule has 0 bridgehead atoms. The maximum absolute atomic E-state index is 13.2. The summed E-state index contributed by atoms with van der Waals surface area (Å²) in [6, 6.07) is 0.978. The number of nitrogens with one attached hydrogen (secondary N) is 2. The summed E-state index contributed by atoms with van der Waals surface area (Å²) < 4.78 is 39.1. The molecule has 6 heteroatoms. The lowest BCUT2D eigenvalue weighted by Gasteiger charge is -2.27. The van der Waals surface area contributed by atoms with Crippen molar-refractivity contribution in [3.63, 3.8) is 0 Å². The molecule has 3 nitrogen and oxygen atoms in total. The minimum absolute atomic E-state index is 0.283.